The third kappa shape index (κ3) is 4.39. The predicted molar refractivity (Wildman–Crippen MR) is 115 cm³/mol. The first-order valence-corrected chi connectivity index (χ1v) is 10.8. The molecular weight excluding hydrogens is 381 g/mol. The van der Waals surface area contributed by atoms with Gasteiger partial charge < -0.3 is 19.8 Å². The highest BCUT2D eigenvalue weighted by Crippen LogP contribution is 2.44. The van der Waals surface area contributed by atoms with Gasteiger partial charge in [-0.1, -0.05) is 45.0 Å². The minimum atomic E-state index is -0.706. The molecule has 2 aliphatic heterocycles. The Bertz CT molecular complexity index is 882. The molecule has 4 rings (SSSR count). The van der Waals surface area contributed by atoms with Crippen LogP contribution in [0.25, 0.3) is 0 Å². The first-order chi connectivity index (χ1) is 14.2. The number of piperidine rings is 1. The van der Waals surface area contributed by atoms with E-state index in [0.717, 1.165) is 31.5 Å². The molecule has 0 aliphatic carbocycles. The molecule has 2 aromatic carbocycles. The molecule has 4 nitrogen and oxygen atoms in total. The van der Waals surface area contributed by atoms with E-state index >= 15 is 0 Å². The lowest BCUT2D eigenvalue weighted by atomic mass is 9.81. The number of hydrogen-bond acceptors (Lipinski definition) is 4. The molecule has 5 heteroatoms. The SMILES string of the molecule is CC(C)(C)c1ccc([C@@H](O)CN2CCC3(CC2)C[C@H](O)c2cc(F)ccc2O3)cc1. The van der Waals surface area contributed by atoms with Crippen molar-refractivity contribution < 1.29 is 19.3 Å². The molecule has 2 heterocycles. The number of β-amino-alcohol motifs (C(OH)–C–C–N with tert-alkyl or cyclic N) is 1. The molecule has 0 bridgehead atoms. The smallest absolute Gasteiger partial charge is 0.126 e. The number of aliphatic hydroxyl groups is 2. The second-order valence-electron chi connectivity index (χ2n) is 9.88. The van der Waals surface area contributed by atoms with Crippen LogP contribution in [0.1, 0.15) is 68.9 Å². The Labute approximate surface area is 178 Å². The lowest BCUT2D eigenvalue weighted by molar-refractivity contribution is -0.0589. The second-order valence-corrected chi connectivity index (χ2v) is 9.88. The summed E-state index contributed by atoms with van der Waals surface area (Å²) in [5, 5.41) is 21.3. The summed E-state index contributed by atoms with van der Waals surface area (Å²) in [6.07, 6.45) is 0.791. The molecule has 1 spiro atoms. The molecule has 2 aromatic rings. The summed E-state index contributed by atoms with van der Waals surface area (Å²) in [4.78, 5) is 2.25. The van der Waals surface area contributed by atoms with Gasteiger partial charge >= 0.3 is 0 Å². The number of benzene rings is 2. The topological polar surface area (TPSA) is 52.9 Å². The van der Waals surface area contributed by atoms with Crippen LogP contribution in [0.15, 0.2) is 42.5 Å². The van der Waals surface area contributed by atoms with E-state index in [1.165, 1.54) is 17.7 Å². The number of nitrogens with zero attached hydrogens (tertiary/aromatic N) is 1. The van der Waals surface area contributed by atoms with Gasteiger partial charge in [0, 0.05) is 31.6 Å². The van der Waals surface area contributed by atoms with E-state index in [1.807, 2.05) is 12.1 Å². The number of likely N-dealkylation sites (tertiary alicyclic amines) is 1. The van der Waals surface area contributed by atoms with E-state index in [0.29, 0.717) is 24.3 Å². The monoisotopic (exact) mass is 413 g/mol. The Hall–Kier alpha value is -1.95. The zero-order valence-electron chi connectivity index (χ0n) is 18.1. The maximum atomic E-state index is 13.5. The van der Waals surface area contributed by atoms with Gasteiger partial charge in [0.05, 0.1) is 12.2 Å². The minimum absolute atomic E-state index is 0.0968. The lowest BCUT2D eigenvalue weighted by Gasteiger charge is -2.46. The van der Waals surface area contributed by atoms with Gasteiger partial charge in [-0.25, -0.2) is 4.39 Å². The van der Waals surface area contributed by atoms with Crippen molar-refractivity contribution in [2.75, 3.05) is 19.6 Å². The third-order valence-electron chi connectivity index (χ3n) is 6.58. The maximum absolute atomic E-state index is 13.5. The zero-order chi connectivity index (χ0) is 21.5. The maximum Gasteiger partial charge on any atom is 0.126 e. The fourth-order valence-electron chi connectivity index (χ4n) is 4.61. The standard InChI is InChI=1S/C25H32FNO3/c1-24(2,3)18-6-4-17(5-7-18)22(29)16-27-12-10-25(11-13-27)15-21(28)20-14-19(26)8-9-23(20)30-25/h4-9,14,21-22,28-29H,10-13,15-16H2,1-3H3/t21-,22-/m0/s1. The van der Waals surface area contributed by atoms with Crippen molar-refractivity contribution >= 4 is 0 Å². The van der Waals surface area contributed by atoms with Gasteiger partial charge in [0.15, 0.2) is 0 Å². The fraction of sp³-hybridized carbons (Fsp3) is 0.520. The van der Waals surface area contributed by atoms with Gasteiger partial charge in [0.1, 0.15) is 17.2 Å². The first kappa shape index (κ1) is 21.3. The summed E-state index contributed by atoms with van der Waals surface area (Å²) >= 11 is 0. The average Bonchev–Trinajstić information content (AvgIpc) is 2.70. The average molecular weight is 414 g/mol. The summed E-state index contributed by atoms with van der Waals surface area (Å²) in [5.41, 5.74) is 2.41. The van der Waals surface area contributed by atoms with Crippen LogP contribution in [0.5, 0.6) is 5.75 Å². The van der Waals surface area contributed by atoms with Crippen LogP contribution in [0.2, 0.25) is 0 Å². The Morgan fingerprint density at radius 1 is 1.13 bits per heavy atom. The molecule has 2 aliphatic rings. The summed E-state index contributed by atoms with van der Waals surface area (Å²) < 4.78 is 19.8. The molecule has 0 radical (unpaired) electrons. The second kappa shape index (κ2) is 7.95. The quantitative estimate of drug-likeness (QED) is 0.778. The highest BCUT2D eigenvalue weighted by Gasteiger charge is 2.43. The van der Waals surface area contributed by atoms with E-state index < -0.39 is 17.8 Å². The van der Waals surface area contributed by atoms with Crippen molar-refractivity contribution in [3.8, 4) is 5.75 Å². The minimum Gasteiger partial charge on any atom is -0.487 e. The van der Waals surface area contributed by atoms with Gasteiger partial charge in [-0.05, 0) is 47.6 Å². The van der Waals surface area contributed by atoms with E-state index in [-0.39, 0.29) is 11.2 Å². The van der Waals surface area contributed by atoms with Crippen molar-refractivity contribution in [3.05, 3.63) is 65.0 Å². The van der Waals surface area contributed by atoms with E-state index in [9.17, 15) is 14.6 Å². The number of rotatable bonds is 3. The normalized spacial score (nSPS) is 22.4. The van der Waals surface area contributed by atoms with Crippen LogP contribution in [-0.2, 0) is 5.41 Å². The number of halogens is 1. The van der Waals surface area contributed by atoms with Crippen LogP contribution in [-0.4, -0.2) is 40.3 Å². The van der Waals surface area contributed by atoms with Gasteiger partial charge in [-0.2, -0.15) is 0 Å². The van der Waals surface area contributed by atoms with Gasteiger partial charge in [0.2, 0.25) is 0 Å². The molecule has 30 heavy (non-hydrogen) atoms. The highest BCUT2D eigenvalue weighted by molar-refractivity contribution is 5.38. The summed E-state index contributed by atoms with van der Waals surface area (Å²) in [6, 6.07) is 12.6. The van der Waals surface area contributed by atoms with Crippen molar-refractivity contribution in [2.45, 2.75) is 63.3 Å². The Kier molecular flexibility index (Phi) is 5.64. The predicted octanol–water partition coefficient (Wildman–Crippen LogP) is 4.51. The molecule has 0 amide bonds. The fourth-order valence-corrected chi connectivity index (χ4v) is 4.61. The third-order valence-corrected chi connectivity index (χ3v) is 6.58. The number of aliphatic hydroxyl groups excluding tert-OH is 2. The highest BCUT2D eigenvalue weighted by atomic mass is 19.1. The molecule has 2 atom stereocenters. The number of fused-ring (bicyclic) bond motifs is 1. The van der Waals surface area contributed by atoms with Crippen LogP contribution >= 0.6 is 0 Å². The Balaban J connectivity index is 1.36. The molecule has 1 fully saturated rings. The van der Waals surface area contributed by atoms with Gasteiger partial charge in [0.25, 0.3) is 0 Å². The lowest BCUT2D eigenvalue weighted by Crippen LogP contribution is -2.51. The molecule has 1 saturated heterocycles. The first-order valence-electron chi connectivity index (χ1n) is 10.8. The van der Waals surface area contributed by atoms with E-state index in [1.54, 1.807) is 6.07 Å². The summed E-state index contributed by atoms with van der Waals surface area (Å²) in [5.74, 6) is 0.231. The molecule has 0 saturated carbocycles. The van der Waals surface area contributed by atoms with Crippen LogP contribution in [0.4, 0.5) is 4.39 Å². The molecule has 2 N–H and O–H groups in total. The van der Waals surface area contributed by atoms with Crippen molar-refractivity contribution in [1.29, 1.82) is 0 Å². The Morgan fingerprint density at radius 3 is 2.43 bits per heavy atom. The molecule has 162 valence electrons. The van der Waals surface area contributed by atoms with Crippen LogP contribution in [0, 0.1) is 5.82 Å². The van der Waals surface area contributed by atoms with Gasteiger partial charge in [-0.3, -0.25) is 0 Å². The molecular formula is C25H32FNO3. The van der Waals surface area contributed by atoms with Crippen molar-refractivity contribution in [1.82, 2.24) is 4.90 Å². The zero-order valence-corrected chi connectivity index (χ0v) is 18.1. The number of hydrogen-bond donors (Lipinski definition) is 2. The summed E-state index contributed by atoms with van der Waals surface area (Å²) in [6.45, 7) is 8.71. The van der Waals surface area contributed by atoms with Gasteiger partial charge in [-0.15, -0.1) is 0 Å². The van der Waals surface area contributed by atoms with Crippen LogP contribution < -0.4 is 4.74 Å². The van der Waals surface area contributed by atoms with E-state index in [2.05, 4.69) is 37.8 Å². The van der Waals surface area contributed by atoms with Crippen molar-refractivity contribution in [3.63, 3.8) is 0 Å². The largest absolute Gasteiger partial charge is 0.487 e. The molecule has 0 aromatic heterocycles. The van der Waals surface area contributed by atoms with E-state index in [4.69, 9.17) is 4.74 Å². The summed E-state index contributed by atoms with van der Waals surface area (Å²) in [7, 11) is 0. The molecule has 0 unspecified atom stereocenters. The van der Waals surface area contributed by atoms with Crippen molar-refractivity contribution in [2.24, 2.45) is 0 Å². The number of ether oxygens (including phenoxy) is 1. The Morgan fingerprint density at radius 2 is 1.80 bits per heavy atom. The van der Waals surface area contributed by atoms with Crippen LogP contribution in [0.3, 0.4) is 0 Å².